The maximum absolute atomic E-state index is 13.0. The molecule has 116 valence electrons. The van der Waals surface area contributed by atoms with Gasteiger partial charge in [0.2, 0.25) is 5.91 Å². The van der Waals surface area contributed by atoms with Crippen LogP contribution in [0.3, 0.4) is 0 Å². The highest BCUT2D eigenvalue weighted by Gasteiger charge is 2.51. The van der Waals surface area contributed by atoms with E-state index in [2.05, 4.69) is 17.6 Å². The summed E-state index contributed by atoms with van der Waals surface area (Å²) in [5.74, 6) is -0.153. The van der Waals surface area contributed by atoms with Crippen LogP contribution in [0, 0.1) is 5.82 Å². The van der Waals surface area contributed by atoms with Crippen LogP contribution in [-0.2, 0) is 10.2 Å². The normalized spacial score (nSPS) is 26.6. The molecule has 2 aliphatic rings. The molecule has 2 fully saturated rings. The van der Waals surface area contributed by atoms with Crippen LogP contribution in [0.15, 0.2) is 24.3 Å². The van der Waals surface area contributed by atoms with E-state index in [4.69, 9.17) is 0 Å². The average molecular weight is 313 g/mol. The predicted molar refractivity (Wildman–Crippen MR) is 83.2 cm³/mol. The van der Waals surface area contributed by atoms with Crippen molar-refractivity contribution in [2.24, 2.45) is 0 Å². The van der Waals surface area contributed by atoms with Crippen LogP contribution in [0.5, 0.6) is 0 Å². The molecular formula is C16H22ClFN2O. The van der Waals surface area contributed by atoms with Gasteiger partial charge >= 0.3 is 0 Å². The van der Waals surface area contributed by atoms with E-state index in [1.54, 1.807) is 12.1 Å². The van der Waals surface area contributed by atoms with E-state index >= 15 is 0 Å². The minimum Gasteiger partial charge on any atom is -0.351 e. The van der Waals surface area contributed by atoms with Crippen LogP contribution >= 0.6 is 12.4 Å². The van der Waals surface area contributed by atoms with Crippen molar-refractivity contribution in [3.63, 3.8) is 0 Å². The van der Waals surface area contributed by atoms with E-state index in [1.807, 2.05) is 0 Å². The molecule has 3 rings (SSSR count). The van der Waals surface area contributed by atoms with Gasteiger partial charge in [-0.15, -0.1) is 12.4 Å². The second-order valence-corrected chi connectivity index (χ2v) is 6.05. The van der Waals surface area contributed by atoms with E-state index in [0.717, 1.165) is 37.8 Å². The molecular weight excluding hydrogens is 291 g/mol. The number of piperidine rings is 1. The van der Waals surface area contributed by atoms with E-state index < -0.39 is 5.41 Å². The summed E-state index contributed by atoms with van der Waals surface area (Å²) in [6.45, 7) is 3.14. The monoisotopic (exact) mass is 312 g/mol. The van der Waals surface area contributed by atoms with Crippen LogP contribution < -0.4 is 10.6 Å². The number of hydrogen-bond donors (Lipinski definition) is 2. The molecule has 21 heavy (non-hydrogen) atoms. The molecule has 2 unspecified atom stereocenters. The Morgan fingerprint density at radius 3 is 2.57 bits per heavy atom. The van der Waals surface area contributed by atoms with Crippen molar-refractivity contribution >= 4 is 18.3 Å². The van der Waals surface area contributed by atoms with Gasteiger partial charge in [-0.25, -0.2) is 4.39 Å². The van der Waals surface area contributed by atoms with Gasteiger partial charge in [0.25, 0.3) is 0 Å². The van der Waals surface area contributed by atoms with E-state index in [9.17, 15) is 9.18 Å². The molecule has 1 saturated heterocycles. The number of carbonyl (C=O) groups is 1. The molecule has 0 spiro atoms. The van der Waals surface area contributed by atoms with Crippen molar-refractivity contribution in [3.05, 3.63) is 35.6 Å². The molecule has 3 nitrogen and oxygen atoms in total. The molecule has 2 atom stereocenters. The standard InChI is InChI=1S/C16H21FN2O.ClH/c1-11-14(3-2-10-18-11)19-15(20)16(8-9-16)12-4-6-13(17)7-5-12;/h4-7,11,14,18H,2-3,8-10H2,1H3,(H,19,20);1H. The van der Waals surface area contributed by atoms with Gasteiger partial charge in [0.15, 0.2) is 0 Å². The quantitative estimate of drug-likeness (QED) is 0.900. The van der Waals surface area contributed by atoms with Gasteiger partial charge in [0, 0.05) is 12.1 Å². The Morgan fingerprint density at radius 1 is 1.33 bits per heavy atom. The lowest BCUT2D eigenvalue weighted by Gasteiger charge is -2.32. The third kappa shape index (κ3) is 3.22. The summed E-state index contributed by atoms with van der Waals surface area (Å²) in [6, 6.07) is 6.88. The molecule has 0 radical (unpaired) electrons. The average Bonchev–Trinajstić information content (AvgIpc) is 3.24. The Morgan fingerprint density at radius 2 is 2.00 bits per heavy atom. The van der Waals surface area contributed by atoms with Crippen molar-refractivity contribution in [1.82, 2.24) is 10.6 Å². The summed E-state index contributed by atoms with van der Waals surface area (Å²) in [7, 11) is 0. The Kier molecular flexibility index (Phi) is 4.89. The van der Waals surface area contributed by atoms with E-state index in [-0.39, 0.29) is 30.2 Å². The first-order valence-electron chi connectivity index (χ1n) is 7.42. The predicted octanol–water partition coefficient (Wildman–Crippen LogP) is 2.54. The molecule has 2 N–H and O–H groups in total. The Labute approximate surface area is 131 Å². The number of hydrogen-bond acceptors (Lipinski definition) is 2. The number of benzene rings is 1. The van der Waals surface area contributed by atoms with Crippen LogP contribution in [0.2, 0.25) is 0 Å². The van der Waals surface area contributed by atoms with Crippen molar-refractivity contribution in [2.45, 2.75) is 50.1 Å². The Balaban J connectivity index is 0.00000161. The molecule has 0 aromatic heterocycles. The maximum atomic E-state index is 13.0. The summed E-state index contributed by atoms with van der Waals surface area (Å²) in [5.41, 5.74) is 0.526. The fraction of sp³-hybridized carbons (Fsp3) is 0.562. The van der Waals surface area contributed by atoms with Crippen molar-refractivity contribution in [3.8, 4) is 0 Å². The second kappa shape index (κ2) is 6.32. The lowest BCUT2D eigenvalue weighted by molar-refractivity contribution is -0.124. The van der Waals surface area contributed by atoms with Crippen molar-refractivity contribution in [1.29, 1.82) is 0 Å². The zero-order chi connectivity index (χ0) is 14.2. The molecule has 1 aliphatic heterocycles. The molecule has 1 aromatic carbocycles. The highest BCUT2D eigenvalue weighted by molar-refractivity contribution is 5.91. The van der Waals surface area contributed by atoms with Crippen LogP contribution in [-0.4, -0.2) is 24.5 Å². The van der Waals surface area contributed by atoms with Gasteiger partial charge in [-0.3, -0.25) is 4.79 Å². The number of carbonyl (C=O) groups excluding carboxylic acids is 1. The van der Waals surface area contributed by atoms with Gasteiger partial charge < -0.3 is 10.6 Å². The smallest absolute Gasteiger partial charge is 0.230 e. The number of halogens is 2. The lowest BCUT2D eigenvalue weighted by atomic mass is 9.93. The van der Waals surface area contributed by atoms with Gasteiger partial charge in [-0.05, 0) is 56.8 Å². The van der Waals surface area contributed by atoms with Crippen molar-refractivity contribution < 1.29 is 9.18 Å². The van der Waals surface area contributed by atoms with Gasteiger partial charge in [-0.1, -0.05) is 12.1 Å². The number of amides is 1. The number of rotatable bonds is 3. The first-order chi connectivity index (χ1) is 9.62. The third-order valence-electron chi connectivity index (χ3n) is 4.66. The molecule has 1 saturated carbocycles. The molecule has 5 heteroatoms. The molecule has 1 amide bonds. The zero-order valence-electron chi connectivity index (χ0n) is 12.2. The fourth-order valence-electron chi connectivity index (χ4n) is 3.09. The van der Waals surface area contributed by atoms with Gasteiger partial charge in [0.05, 0.1) is 5.41 Å². The topological polar surface area (TPSA) is 41.1 Å². The molecule has 1 aliphatic carbocycles. The second-order valence-electron chi connectivity index (χ2n) is 6.05. The number of nitrogens with one attached hydrogen (secondary N) is 2. The zero-order valence-corrected chi connectivity index (χ0v) is 13.0. The SMILES string of the molecule is CC1NCCCC1NC(=O)C1(c2ccc(F)cc2)CC1.Cl. The van der Waals surface area contributed by atoms with Crippen molar-refractivity contribution in [2.75, 3.05) is 6.54 Å². The largest absolute Gasteiger partial charge is 0.351 e. The fourth-order valence-corrected chi connectivity index (χ4v) is 3.09. The van der Waals surface area contributed by atoms with E-state index in [1.165, 1.54) is 12.1 Å². The first kappa shape index (κ1) is 16.2. The summed E-state index contributed by atoms with van der Waals surface area (Å²) in [4.78, 5) is 12.6. The van der Waals surface area contributed by atoms with Gasteiger partial charge in [0.1, 0.15) is 5.82 Å². The summed E-state index contributed by atoms with van der Waals surface area (Å²) >= 11 is 0. The molecule has 1 aromatic rings. The highest BCUT2D eigenvalue weighted by Crippen LogP contribution is 2.48. The minimum atomic E-state index is -0.412. The van der Waals surface area contributed by atoms with Crippen LogP contribution in [0.1, 0.15) is 38.2 Å². The minimum absolute atomic E-state index is 0. The van der Waals surface area contributed by atoms with E-state index in [0.29, 0.717) is 6.04 Å². The summed E-state index contributed by atoms with van der Waals surface area (Å²) < 4.78 is 13.0. The third-order valence-corrected chi connectivity index (χ3v) is 4.66. The summed E-state index contributed by atoms with van der Waals surface area (Å²) in [5, 5.41) is 6.58. The first-order valence-corrected chi connectivity index (χ1v) is 7.42. The Hall–Kier alpha value is -1.13. The molecule has 1 heterocycles. The maximum Gasteiger partial charge on any atom is 0.230 e. The molecule has 0 bridgehead atoms. The van der Waals surface area contributed by atoms with Gasteiger partial charge in [-0.2, -0.15) is 0 Å². The highest BCUT2D eigenvalue weighted by atomic mass is 35.5. The van der Waals surface area contributed by atoms with Crippen LogP contribution in [0.25, 0.3) is 0 Å². The van der Waals surface area contributed by atoms with Crippen LogP contribution in [0.4, 0.5) is 4.39 Å². The lowest BCUT2D eigenvalue weighted by Crippen LogP contribution is -2.53. The Bertz CT molecular complexity index is 502. The summed E-state index contributed by atoms with van der Waals surface area (Å²) in [6.07, 6.45) is 3.84.